The normalized spacial score (nSPS) is 15.9. The van der Waals surface area contributed by atoms with Crippen LogP contribution in [0.25, 0.3) is 0 Å². The molecule has 5 heteroatoms. The molecule has 1 unspecified atom stereocenters. The highest BCUT2D eigenvalue weighted by Gasteiger charge is 2.29. The molecule has 1 aliphatic rings. The van der Waals surface area contributed by atoms with Crippen molar-refractivity contribution >= 4 is 17.6 Å². The van der Waals surface area contributed by atoms with Gasteiger partial charge in [-0.15, -0.1) is 0 Å². The van der Waals surface area contributed by atoms with Gasteiger partial charge in [-0.2, -0.15) is 0 Å². The van der Waals surface area contributed by atoms with Gasteiger partial charge >= 0.3 is 6.03 Å². The number of hydrogen-bond acceptors (Lipinski definition) is 2. The smallest absolute Gasteiger partial charge is 0.321 e. The van der Waals surface area contributed by atoms with Crippen LogP contribution in [0.15, 0.2) is 91.0 Å². The van der Waals surface area contributed by atoms with Crippen molar-refractivity contribution in [2.75, 3.05) is 25.0 Å². The molecule has 1 heterocycles. The molecule has 2 N–H and O–H groups in total. The van der Waals surface area contributed by atoms with Crippen LogP contribution in [0.5, 0.6) is 0 Å². The van der Waals surface area contributed by atoms with Gasteiger partial charge in [-0.25, -0.2) is 4.79 Å². The van der Waals surface area contributed by atoms with Crippen molar-refractivity contribution in [1.29, 1.82) is 0 Å². The topological polar surface area (TPSA) is 61.4 Å². The molecule has 0 spiro atoms. The molecule has 1 saturated heterocycles. The third-order valence-electron chi connectivity index (χ3n) is 5.99. The van der Waals surface area contributed by atoms with E-state index < -0.39 is 0 Å². The van der Waals surface area contributed by atoms with E-state index in [1.807, 2.05) is 66.7 Å². The van der Waals surface area contributed by atoms with Crippen molar-refractivity contribution in [3.63, 3.8) is 0 Å². The van der Waals surface area contributed by atoms with E-state index in [1.165, 1.54) is 11.1 Å². The van der Waals surface area contributed by atoms with Gasteiger partial charge in [0.15, 0.2) is 0 Å². The van der Waals surface area contributed by atoms with E-state index in [2.05, 4.69) is 34.9 Å². The van der Waals surface area contributed by atoms with Crippen LogP contribution in [0.2, 0.25) is 0 Å². The molecule has 0 bridgehead atoms. The fourth-order valence-electron chi connectivity index (χ4n) is 4.25. The number of carbonyl (C=O) groups excluding carboxylic acids is 2. The van der Waals surface area contributed by atoms with Gasteiger partial charge in [0.05, 0.1) is 5.92 Å². The third kappa shape index (κ3) is 5.55. The second kappa shape index (κ2) is 10.6. The van der Waals surface area contributed by atoms with E-state index in [9.17, 15) is 9.59 Å². The molecule has 0 radical (unpaired) electrons. The Balaban J connectivity index is 1.37. The first-order chi connectivity index (χ1) is 15.7. The lowest BCUT2D eigenvalue weighted by molar-refractivity contribution is -0.126. The highest BCUT2D eigenvalue weighted by Crippen LogP contribution is 2.24. The number of piperidine rings is 1. The van der Waals surface area contributed by atoms with Crippen LogP contribution in [0, 0.1) is 5.92 Å². The van der Waals surface area contributed by atoms with Gasteiger partial charge in [0.1, 0.15) is 0 Å². The second-order valence-electron chi connectivity index (χ2n) is 8.20. The molecule has 164 valence electrons. The summed E-state index contributed by atoms with van der Waals surface area (Å²) in [6, 6.07) is 29.7. The van der Waals surface area contributed by atoms with E-state index in [0.29, 0.717) is 19.6 Å². The van der Waals surface area contributed by atoms with Gasteiger partial charge in [0, 0.05) is 31.2 Å². The number of benzene rings is 3. The Morgan fingerprint density at radius 1 is 0.844 bits per heavy atom. The van der Waals surface area contributed by atoms with Crippen molar-refractivity contribution in [3.05, 3.63) is 102 Å². The lowest BCUT2D eigenvalue weighted by atomic mass is 9.90. The van der Waals surface area contributed by atoms with Crippen LogP contribution in [0.4, 0.5) is 10.5 Å². The summed E-state index contributed by atoms with van der Waals surface area (Å²) >= 11 is 0. The third-order valence-corrected chi connectivity index (χ3v) is 5.99. The van der Waals surface area contributed by atoms with Crippen molar-refractivity contribution in [1.82, 2.24) is 10.2 Å². The second-order valence-corrected chi connectivity index (χ2v) is 8.20. The molecule has 3 aromatic carbocycles. The SMILES string of the molecule is O=C(NCC(c1ccccc1)c1ccccc1)C1CCCN(C(=O)Nc2ccccc2)C1. The molecule has 1 aliphatic heterocycles. The summed E-state index contributed by atoms with van der Waals surface area (Å²) in [5, 5.41) is 6.08. The number of nitrogens with one attached hydrogen (secondary N) is 2. The van der Waals surface area contributed by atoms with E-state index in [0.717, 1.165) is 18.5 Å². The molecule has 1 fully saturated rings. The lowest BCUT2D eigenvalue weighted by Gasteiger charge is -2.32. The summed E-state index contributed by atoms with van der Waals surface area (Å²) < 4.78 is 0. The van der Waals surface area contributed by atoms with Gasteiger partial charge in [-0.05, 0) is 36.1 Å². The molecular formula is C27H29N3O2. The van der Waals surface area contributed by atoms with Crippen LogP contribution >= 0.6 is 0 Å². The number of amides is 3. The van der Waals surface area contributed by atoms with Crippen molar-refractivity contribution in [3.8, 4) is 0 Å². The maximum absolute atomic E-state index is 13.0. The van der Waals surface area contributed by atoms with E-state index in [-0.39, 0.29) is 23.8 Å². The average molecular weight is 428 g/mol. The summed E-state index contributed by atoms with van der Waals surface area (Å²) in [5.41, 5.74) is 3.11. The van der Waals surface area contributed by atoms with Crippen molar-refractivity contribution in [2.45, 2.75) is 18.8 Å². The summed E-state index contributed by atoms with van der Waals surface area (Å²) in [6.45, 7) is 1.63. The highest BCUT2D eigenvalue weighted by atomic mass is 16.2. The number of hydrogen-bond donors (Lipinski definition) is 2. The molecule has 1 atom stereocenters. The molecule has 32 heavy (non-hydrogen) atoms. The van der Waals surface area contributed by atoms with Crippen LogP contribution in [0.1, 0.15) is 29.9 Å². The van der Waals surface area contributed by atoms with Gasteiger partial charge in [0.25, 0.3) is 0 Å². The molecule has 0 aliphatic carbocycles. The largest absolute Gasteiger partial charge is 0.355 e. The van der Waals surface area contributed by atoms with E-state index >= 15 is 0 Å². The molecule has 3 aromatic rings. The van der Waals surface area contributed by atoms with E-state index in [4.69, 9.17) is 0 Å². The average Bonchev–Trinajstić information content (AvgIpc) is 2.86. The zero-order chi connectivity index (χ0) is 22.2. The monoisotopic (exact) mass is 427 g/mol. The quantitative estimate of drug-likeness (QED) is 0.589. The fraction of sp³-hybridized carbons (Fsp3) is 0.259. The van der Waals surface area contributed by atoms with Crippen LogP contribution in [-0.4, -0.2) is 36.5 Å². The number of likely N-dealkylation sites (tertiary alicyclic amines) is 1. The van der Waals surface area contributed by atoms with Crippen molar-refractivity contribution < 1.29 is 9.59 Å². The Labute approximate surface area is 189 Å². The minimum atomic E-state index is -0.197. The fourth-order valence-corrected chi connectivity index (χ4v) is 4.25. The summed E-state index contributed by atoms with van der Waals surface area (Å²) in [7, 11) is 0. The summed E-state index contributed by atoms with van der Waals surface area (Å²) in [6.07, 6.45) is 1.61. The molecule has 0 aromatic heterocycles. The number of anilines is 1. The molecule has 4 rings (SSSR count). The highest BCUT2D eigenvalue weighted by molar-refractivity contribution is 5.90. The van der Waals surface area contributed by atoms with Crippen molar-refractivity contribution in [2.24, 2.45) is 5.92 Å². The van der Waals surface area contributed by atoms with Gasteiger partial charge in [0.2, 0.25) is 5.91 Å². The number of rotatable bonds is 6. The van der Waals surface area contributed by atoms with Gasteiger partial charge in [-0.1, -0.05) is 78.9 Å². The Morgan fingerprint density at radius 2 is 1.41 bits per heavy atom. The first-order valence-corrected chi connectivity index (χ1v) is 11.2. The lowest BCUT2D eigenvalue weighted by Crippen LogP contribution is -2.47. The minimum Gasteiger partial charge on any atom is -0.355 e. The van der Waals surface area contributed by atoms with Gasteiger partial charge in [-0.3, -0.25) is 4.79 Å². The van der Waals surface area contributed by atoms with Crippen LogP contribution < -0.4 is 10.6 Å². The molecule has 3 amide bonds. The number of carbonyl (C=O) groups is 2. The van der Waals surface area contributed by atoms with E-state index in [1.54, 1.807) is 4.90 Å². The maximum atomic E-state index is 13.0. The first-order valence-electron chi connectivity index (χ1n) is 11.2. The first kappa shape index (κ1) is 21.6. The number of urea groups is 1. The Hall–Kier alpha value is -3.60. The van der Waals surface area contributed by atoms with Gasteiger partial charge < -0.3 is 15.5 Å². The predicted octanol–water partition coefficient (Wildman–Crippen LogP) is 4.88. The molecular weight excluding hydrogens is 398 g/mol. The predicted molar refractivity (Wildman–Crippen MR) is 127 cm³/mol. The van der Waals surface area contributed by atoms with Crippen LogP contribution in [-0.2, 0) is 4.79 Å². The Morgan fingerprint density at radius 3 is 2.00 bits per heavy atom. The van der Waals surface area contributed by atoms with Crippen LogP contribution in [0.3, 0.4) is 0 Å². The summed E-state index contributed by atoms with van der Waals surface area (Å²) in [4.78, 5) is 27.4. The Bertz CT molecular complexity index is 969. The number of nitrogens with zero attached hydrogens (tertiary/aromatic N) is 1. The molecule has 5 nitrogen and oxygen atoms in total. The zero-order valence-corrected chi connectivity index (χ0v) is 18.1. The summed E-state index contributed by atoms with van der Waals surface area (Å²) in [5.74, 6) is -0.0982. The number of para-hydroxylation sites is 1. The Kier molecular flexibility index (Phi) is 7.18. The minimum absolute atomic E-state index is 0.0130. The maximum Gasteiger partial charge on any atom is 0.321 e. The standard InChI is InChI=1S/C27H29N3O2/c31-26(23-15-10-18-30(20-23)27(32)29-24-16-8-3-9-17-24)28-19-25(21-11-4-1-5-12-21)22-13-6-2-7-14-22/h1-9,11-14,16-17,23,25H,10,15,18-20H2,(H,28,31)(H,29,32). The molecule has 0 saturated carbocycles. The zero-order valence-electron chi connectivity index (χ0n) is 18.1.